The fourth-order valence-electron chi connectivity index (χ4n) is 5.23. The fraction of sp³-hybridized carbons (Fsp3) is 0.500. The van der Waals surface area contributed by atoms with Gasteiger partial charge in [0.15, 0.2) is 0 Å². The molecule has 37 heavy (non-hydrogen) atoms. The monoisotopic (exact) mass is 511 g/mol. The molecule has 3 rings (SSSR count). The zero-order chi connectivity index (χ0) is 27.0. The minimum absolute atomic E-state index is 0.0633. The van der Waals surface area contributed by atoms with Gasteiger partial charge in [-0.25, -0.2) is 0 Å². The number of rotatable bonds is 13. The highest BCUT2D eigenvalue weighted by Gasteiger charge is 2.64. The maximum absolute atomic E-state index is 13.7. The van der Waals surface area contributed by atoms with Crippen LogP contribution in [0.2, 0.25) is 0 Å². The van der Waals surface area contributed by atoms with Crippen LogP contribution in [0.4, 0.5) is 0 Å². The van der Waals surface area contributed by atoms with Gasteiger partial charge in [0.05, 0.1) is 18.6 Å². The average Bonchev–Trinajstić information content (AvgIpc) is 3.22. The lowest BCUT2D eigenvalue weighted by Crippen LogP contribution is -2.60. The van der Waals surface area contributed by atoms with Crippen molar-refractivity contribution in [3.63, 3.8) is 0 Å². The molecule has 9 nitrogen and oxygen atoms in total. The van der Waals surface area contributed by atoms with E-state index in [0.29, 0.717) is 6.42 Å². The van der Waals surface area contributed by atoms with E-state index >= 15 is 0 Å². The predicted octanol–water partition coefficient (Wildman–Crippen LogP) is 3.96. The first kappa shape index (κ1) is 28.3. The lowest BCUT2D eigenvalue weighted by Gasteiger charge is -2.37. The number of aliphatic carboxylic acids is 1. The Morgan fingerprint density at radius 3 is 2.35 bits per heavy atom. The van der Waals surface area contributed by atoms with E-state index in [1.54, 1.807) is 6.92 Å². The van der Waals surface area contributed by atoms with Gasteiger partial charge in [-0.3, -0.25) is 25.0 Å². The topological polar surface area (TPSA) is 131 Å². The quantitative estimate of drug-likeness (QED) is 0.211. The summed E-state index contributed by atoms with van der Waals surface area (Å²) < 4.78 is 6.43. The maximum atomic E-state index is 13.7. The van der Waals surface area contributed by atoms with E-state index in [0.717, 1.165) is 11.1 Å². The second kappa shape index (κ2) is 12.8. The molecule has 2 aromatic carbocycles. The van der Waals surface area contributed by atoms with Gasteiger partial charge >= 0.3 is 5.97 Å². The van der Waals surface area contributed by atoms with Gasteiger partial charge in [-0.2, -0.15) is 0 Å². The van der Waals surface area contributed by atoms with Gasteiger partial charge in [-0.1, -0.05) is 80.9 Å². The average molecular weight is 512 g/mol. The van der Waals surface area contributed by atoms with Crippen LogP contribution < -0.4 is 10.6 Å². The van der Waals surface area contributed by atoms with E-state index in [-0.39, 0.29) is 36.8 Å². The molecule has 2 aromatic rings. The van der Waals surface area contributed by atoms with Crippen LogP contribution in [-0.2, 0) is 20.9 Å². The molecule has 0 spiro atoms. The van der Waals surface area contributed by atoms with Gasteiger partial charge in [-0.05, 0) is 30.4 Å². The standard InChI is InChI=1S/C28H37N3O6/c1-4-19(2)26(37-18-20-12-7-5-8-13-20)23-25(31(35)36)24(21-14-9-6-10-15-21)30-28(23,3)27(34)29-17-11-16-22(32)33/h5-10,12-15,19,23-26,30H,4,11,16-18H2,1-3H3,(H,29,34)(H,32,33)/t19-,23-,24-,25-,26+,28-/m0/s1. The summed E-state index contributed by atoms with van der Waals surface area (Å²) in [6.07, 6.45) is 0.319. The molecule has 0 aromatic heterocycles. The number of carbonyl (C=O) groups excluding carboxylic acids is 1. The number of carboxylic acid groups (broad SMARTS) is 1. The Kier molecular flexibility index (Phi) is 9.77. The van der Waals surface area contributed by atoms with Crippen LogP contribution in [0.1, 0.15) is 57.2 Å². The van der Waals surface area contributed by atoms with E-state index in [1.807, 2.05) is 74.5 Å². The molecule has 0 unspecified atom stereocenters. The third-order valence-electron chi connectivity index (χ3n) is 7.40. The number of benzene rings is 2. The number of carbonyl (C=O) groups is 2. The second-order valence-corrected chi connectivity index (χ2v) is 9.94. The molecule has 200 valence electrons. The zero-order valence-corrected chi connectivity index (χ0v) is 21.6. The van der Waals surface area contributed by atoms with Crippen LogP contribution in [0, 0.1) is 22.0 Å². The van der Waals surface area contributed by atoms with Crippen molar-refractivity contribution in [2.45, 2.75) is 70.4 Å². The van der Waals surface area contributed by atoms with Crippen LogP contribution in [0.3, 0.4) is 0 Å². The Labute approximate surface area is 217 Å². The van der Waals surface area contributed by atoms with Crippen molar-refractivity contribution in [3.8, 4) is 0 Å². The molecule has 0 radical (unpaired) electrons. The summed E-state index contributed by atoms with van der Waals surface area (Å²) >= 11 is 0. The molecular formula is C28H37N3O6. The Balaban J connectivity index is 2.00. The molecule has 0 saturated carbocycles. The third-order valence-corrected chi connectivity index (χ3v) is 7.40. The first-order valence-electron chi connectivity index (χ1n) is 12.8. The number of carboxylic acids is 1. The molecule has 1 saturated heterocycles. The SMILES string of the molecule is CC[C@H](C)[C@@H](OCc1ccccc1)[C@@H]1[C@H]([N+](=O)[O-])[C@H](c2ccccc2)N[C@]1(C)C(=O)NCCCC(=O)O. The molecule has 1 amide bonds. The van der Waals surface area contributed by atoms with E-state index < -0.39 is 41.5 Å². The minimum atomic E-state index is -1.33. The number of ether oxygens (including phenoxy) is 1. The number of hydrogen-bond acceptors (Lipinski definition) is 6. The minimum Gasteiger partial charge on any atom is -0.481 e. The summed E-state index contributed by atoms with van der Waals surface area (Å²) in [5, 5.41) is 27.7. The van der Waals surface area contributed by atoms with Crippen LogP contribution in [0.5, 0.6) is 0 Å². The smallest absolute Gasteiger partial charge is 0.303 e. The van der Waals surface area contributed by atoms with Gasteiger partial charge in [0.1, 0.15) is 11.6 Å². The Morgan fingerprint density at radius 2 is 1.78 bits per heavy atom. The van der Waals surface area contributed by atoms with Crippen molar-refractivity contribution in [1.29, 1.82) is 0 Å². The van der Waals surface area contributed by atoms with Crippen LogP contribution >= 0.6 is 0 Å². The first-order valence-corrected chi connectivity index (χ1v) is 12.8. The Hall–Kier alpha value is -3.30. The molecule has 0 aliphatic carbocycles. The van der Waals surface area contributed by atoms with E-state index in [4.69, 9.17) is 9.84 Å². The molecule has 6 atom stereocenters. The van der Waals surface area contributed by atoms with Crippen molar-refractivity contribution < 1.29 is 24.4 Å². The first-order chi connectivity index (χ1) is 17.7. The summed E-state index contributed by atoms with van der Waals surface area (Å²) in [5.74, 6) is -2.19. The summed E-state index contributed by atoms with van der Waals surface area (Å²) in [6, 6.07) is 16.9. The van der Waals surface area contributed by atoms with Gasteiger partial charge < -0.3 is 15.2 Å². The number of nitrogens with one attached hydrogen (secondary N) is 2. The summed E-state index contributed by atoms with van der Waals surface area (Å²) in [7, 11) is 0. The highest BCUT2D eigenvalue weighted by Crippen LogP contribution is 2.45. The van der Waals surface area contributed by atoms with Crippen molar-refractivity contribution >= 4 is 11.9 Å². The lowest BCUT2D eigenvalue weighted by molar-refractivity contribution is -0.536. The zero-order valence-electron chi connectivity index (χ0n) is 21.6. The highest BCUT2D eigenvalue weighted by atomic mass is 16.6. The highest BCUT2D eigenvalue weighted by molar-refractivity contribution is 5.87. The van der Waals surface area contributed by atoms with E-state index in [9.17, 15) is 19.7 Å². The van der Waals surface area contributed by atoms with Crippen molar-refractivity contribution in [2.75, 3.05) is 6.54 Å². The number of nitrogens with zero attached hydrogens (tertiary/aromatic N) is 1. The molecule has 1 fully saturated rings. The normalized spacial score (nSPS) is 24.8. The number of hydrogen-bond donors (Lipinski definition) is 3. The Bertz CT molecular complexity index is 1050. The van der Waals surface area contributed by atoms with Crippen molar-refractivity contribution in [3.05, 3.63) is 81.9 Å². The molecule has 1 aliphatic rings. The second-order valence-electron chi connectivity index (χ2n) is 9.94. The lowest BCUT2D eigenvalue weighted by atomic mass is 9.74. The molecule has 0 bridgehead atoms. The molecular weight excluding hydrogens is 474 g/mol. The molecule has 3 N–H and O–H groups in total. The largest absolute Gasteiger partial charge is 0.481 e. The Morgan fingerprint density at radius 1 is 1.16 bits per heavy atom. The van der Waals surface area contributed by atoms with Crippen LogP contribution in [0.15, 0.2) is 60.7 Å². The summed E-state index contributed by atoms with van der Waals surface area (Å²) in [6.45, 7) is 6.12. The van der Waals surface area contributed by atoms with Crippen LogP contribution in [-0.4, -0.2) is 46.1 Å². The summed E-state index contributed by atoms with van der Waals surface area (Å²) in [4.78, 5) is 36.9. The van der Waals surface area contributed by atoms with Gasteiger partial charge in [-0.15, -0.1) is 0 Å². The van der Waals surface area contributed by atoms with E-state index in [1.165, 1.54) is 0 Å². The maximum Gasteiger partial charge on any atom is 0.303 e. The van der Waals surface area contributed by atoms with Crippen molar-refractivity contribution in [1.82, 2.24) is 10.6 Å². The number of nitro groups is 1. The van der Waals surface area contributed by atoms with Crippen LogP contribution in [0.25, 0.3) is 0 Å². The number of amides is 1. The molecule has 1 heterocycles. The van der Waals surface area contributed by atoms with Gasteiger partial charge in [0.2, 0.25) is 11.9 Å². The third kappa shape index (κ3) is 6.72. The molecule has 1 aliphatic heterocycles. The fourth-order valence-corrected chi connectivity index (χ4v) is 5.23. The van der Waals surface area contributed by atoms with Gasteiger partial charge in [0, 0.05) is 17.9 Å². The van der Waals surface area contributed by atoms with E-state index in [2.05, 4.69) is 10.6 Å². The van der Waals surface area contributed by atoms with Crippen molar-refractivity contribution in [2.24, 2.45) is 11.8 Å². The predicted molar refractivity (Wildman–Crippen MR) is 139 cm³/mol. The van der Waals surface area contributed by atoms with Gasteiger partial charge in [0.25, 0.3) is 0 Å². The molecule has 9 heteroatoms. The summed E-state index contributed by atoms with van der Waals surface area (Å²) in [5.41, 5.74) is 0.341.